The van der Waals surface area contributed by atoms with Crippen molar-refractivity contribution >= 4 is 17.6 Å². The predicted molar refractivity (Wildman–Crippen MR) is 78.2 cm³/mol. The summed E-state index contributed by atoms with van der Waals surface area (Å²) in [6, 6.07) is 0. The van der Waals surface area contributed by atoms with Crippen LogP contribution in [0.4, 0.5) is 0 Å². The number of amidine groups is 2. The van der Waals surface area contributed by atoms with E-state index < -0.39 is 17.3 Å². The van der Waals surface area contributed by atoms with Crippen LogP contribution in [0.25, 0.3) is 0 Å². The zero-order valence-electron chi connectivity index (χ0n) is 11.9. The SMILES string of the molecule is CC1(O)C=C(O)C2=C(CCCCN(C(=N)C(N)=O)C2=N)C1. The molecule has 7 nitrogen and oxygen atoms in total. The maximum Gasteiger partial charge on any atom is 0.284 e. The average Bonchev–Trinajstić information content (AvgIpc) is 2.33. The molecule has 2 rings (SSSR count). The molecule has 1 heterocycles. The van der Waals surface area contributed by atoms with Gasteiger partial charge in [0.05, 0.1) is 11.2 Å². The van der Waals surface area contributed by atoms with E-state index in [4.69, 9.17) is 16.6 Å². The van der Waals surface area contributed by atoms with Crippen LogP contribution in [0.5, 0.6) is 0 Å². The van der Waals surface area contributed by atoms with E-state index in [0.717, 1.165) is 12.0 Å². The maximum atomic E-state index is 11.2. The Morgan fingerprint density at radius 1 is 1.48 bits per heavy atom. The molecule has 0 fully saturated rings. The average molecular weight is 292 g/mol. The van der Waals surface area contributed by atoms with Gasteiger partial charge in [-0.05, 0) is 32.3 Å². The first-order valence-corrected chi connectivity index (χ1v) is 6.84. The Balaban J connectivity index is 2.44. The predicted octanol–water partition coefficient (Wildman–Crippen LogP) is 0.805. The lowest BCUT2D eigenvalue weighted by Gasteiger charge is -2.34. The van der Waals surface area contributed by atoms with E-state index in [1.807, 2.05) is 0 Å². The van der Waals surface area contributed by atoms with Crippen molar-refractivity contribution in [1.29, 1.82) is 10.8 Å². The van der Waals surface area contributed by atoms with Crippen molar-refractivity contribution in [1.82, 2.24) is 4.90 Å². The van der Waals surface area contributed by atoms with Crippen LogP contribution in [0.1, 0.15) is 32.6 Å². The number of carbonyl (C=O) groups is 1. The van der Waals surface area contributed by atoms with E-state index in [0.29, 0.717) is 31.4 Å². The molecule has 6 N–H and O–H groups in total. The largest absolute Gasteiger partial charge is 0.507 e. The Hall–Kier alpha value is -2.15. The molecule has 0 aromatic carbocycles. The number of aliphatic hydroxyl groups is 2. The number of nitrogens with one attached hydrogen (secondary N) is 2. The number of nitrogens with zero attached hydrogens (tertiary/aromatic N) is 1. The summed E-state index contributed by atoms with van der Waals surface area (Å²) in [4.78, 5) is 12.4. The molecule has 2 aliphatic rings. The topological polar surface area (TPSA) is 134 Å². The van der Waals surface area contributed by atoms with Gasteiger partial charge in [-0.25, -0.2) is 0 Å². The van der Waals surface area contributed by atoms with Gasteiger partial charge in [0.1, 0.15) is 11.6 Å². The molecular weight excluding hydrogens is 272 g/mol. The van der Waals surface area contributed by atoms with Gasteiger partial charge < -0.3 is 20.8 Å². The minimum atomic E-state index is -1.15. The second-order valence-corrected chi connectivity index (χ2v) is 5.71. The molecule has 0 aromatic heterocycles. The molecule has 0 saturated heterocycles. The smallest absolute Gasteiger partial charge is 0.284 e. The molecule has 21 heavy (non-hydrogen) atoms. The number of nitrogens with two attached hydrogens (primary N) is 1. The van der Waals surface area contributed by atoms with Gasteiger partial charge >= 0.3 is 0 Å². The molecule has 0 bridgehead atoms. The highest BCUT2D eigenvalue weighted by Crippen LogP contribution is 2.35. The summed E-state index contributed by atoms with van der Waals surface area (Å²) in [5.41, 5.74) is 5.05. The van der Waals surface area contributed by atoms with Crippen molar-refractivity contribution in [2.75, 3.05) is 6.54 Å². The first kappa shape index (κ1) is 15.2. The van der Waals surface area contributed by atoms with Crippen LogP contribution in [0.15, 0.2) is 23.0 Å². The number of rotatable bonds is 0. The van der Waals surface area contributed by atoms with Crippen LogP contribution < -0.4 is 5.73 Å². The van der Waals surface area contributed by atoms with Crippen molar-refractivity contribution < 1.29 is 15.0 Å². The fourth-order valence-electron chi connectivity index (χ4n) is 2.83. The Bertz CT molecular complexity index is 575. The second-order valence-electron chi connectivity index (χ2n) is 5.71. The zero-order valence-corrected chi connectivity index (χ0v) is 11.9. The van der Waals surface area contributed by atoms with Crippen molar-refractivity contribution in [2.45, 2.75) is 38.2 Å². The molecule has 7 heteroatoms. The van der Waals surface area contributed by atoms with E-state index in [9.17, 15) is 15.0 Å². The summed E-state index contributed by atoms with van der Waals surface area (Å²) < 4.78 is 0. The molecule has 1 aliphatic heterocycles. The molecule has 1 atom stereocenters. The van der Waals surface area contributed by atoms with Gasteiger partial charge in [-0.2, -0.15) is 0 Å². The molecule has 0 radical (unpaired) electrons. The first-order chi connectivity index (χ1) is 9.73. The van der Waals surface area contributed by atoms with Crippen LogP contribution >= 0.6 is 0 Å². The molecule has 0 spiro atoms. The van der Waals surface area contributed by atoms with Crippen molar-refractivity contribution in [3.05, 3.63) is 23.0 Å². The van der Waals surface area contributed by atoms with Crippen LogP contribution in [0, 0.1) is 10.8 Å². The summed E-state index contributed by atoms with van der Waals surface area (Å²) in [7, 11) is 0. The molecule has 0 saturated carbocycles. The standard InChI is InChI=1S/C14H20N4O3/c1-14(21)6-8-4-2-3-5-18(12(16)13(17)20)11(15)10(8)9(19)7-14/h7,15-16,19,21H,2-6H2,1H3,(H2,17,20). The van der Waals surface area contributed by atoms with E-state index in [1.54, 1.807) is 6.92 Å². The van der Waals surface area contributed by atoms with Gasteiger partial charge in [0.25, 0.3) is 5.91 Å². The van der Waals surface area contributed by atoms with Gasteiger partial charge in [0.2, 0.25) is 0 Å². The summed E-state index contributed by atoms with van der Waals surface area (Å²) >= 11 is 0. The first-order valence-electron chi connectivity index (χ1n) is 6.84. The molecule has 1 unspecified atom stereocenters. The Morgan fingerprint density at radius 2 is 2.14 bits per heavy atom. The third kappa shape index (κ3) is 2.97. The Kier molecular flexibility index (Phi) is 3.87. The van der Waals surface area contributed by atoms with Crippen molar-refractivity contribution in [3.8, 4) is 0 Å². The normalized spacial score (nSPS) is 26.7. The molecular formula is C14H20N4O3. The van der Waals surface area contributed by atoms with E-state index in [2.05, 4.69) is 0 Å². The third-order valence-electron chi connectivity index (χ3n) is 3.75. The van der Waals surface area contributed by atoms with Crippen molar-refractivity contribution in [3.63, 3.8) is 0 Å². The second kappa shape index (κ2) is 5.33. The fraction of sp³-hybridized carbons (Fsp3) is 0.500. The number of carbonyl (C=O) groups excluding carboxylic acids is 1. The molecule has 114 valence electrons. The number of amides is 1. The fourth-order valence-corrected chi connectivity index (χ4v) is 2.83. The highest BCUT2D eigenvalue weighted by molar-refractivity contribution is 6.39. The number of primary amides is 1. The summed E-state index contributed by atoms with van der Waals surface area (Å²) in [5, 5.41) is 36.2. The monoisotopic (exact) mass is 292 g/mol. The lowest BCUT2D eigenvalue weighted by molar-refractivity contribution is -0.112. The molecule has 0 aromatic rings. The highest BCUT2D eigenvalue weighted by atomic mass is 16.3. The van der Waals surface area contributed by atoms with Crippen LogP contribution in [-0.4, -0.2) is 44.8 Å². The van der Waals surface area contributed by atoms with Crippen LogP contribution in [0.2, 0.25) is 0 Å². The van der Waals surface area contributed by atoms with Gasteiger partial charge in [-0.1, -0.05) is 5.57 Å². The summed E-state index contributed by atoms with van der Waals surface area (Å²) in [6.45, 7) is 1.93. The minimum absolute atomic E-state index is 0.113. The van der Waals surface area contributed by atoms with E-state index in [-0.39, 0.29) is 11.6 Å². The molecule has 1 amide bonds. The van der Waals surface area contributed by atoms with E-state index in [1.165, 1.54) is 11.0 Å². The maximum absolute atomic E-state index is 11.2. The number of hydrogen-bond donors (Lipinski definition) is 5. The number of hydrogen-bond acceptors (Lipinski definition) is 5. The highest BCUT2D eigenvalue weighted by Gasteiger charge is 2.34. The van der Waals surface area contributed by atoms with Gasteiger partial charge in [0.15, 0.2) is 5.84 Å². The van der Waals surface area contributed by atoms with Gasteiger partial charge in [-0.15, -0.1) is 0 Å². The van der Waals surface area contributed by atoms with Crippen LogP contribution in [-0.2, 0) is 4.79 Å². The van der Waals surface area contributed by atoms with Crippen molar-refractivity contribution in [2.24, 2.45) is 5.73 Å². The minimum Gasteiger partial charge on any atom is -0.507 e. The van der Waals surface area contributed by atoms with Gasteiger partial charge in [-0.3, -0.25) is 15.6 Å². The quantitative estimate of drug-likeness (QED) is 0.333. The number of aliphatic hydroxyl groups excluding tert-OH is 1. The summed E-state index contributed by atoms with van der Waals surface area (Å²) in [6.07, 6.45) is 3.78. The zero-order chi connectivity index (χ0) is 15.8. The molecule has 1 aliphatic carbocycles. The Labute approximate surface area is 122 Å². The summed E-state index contributed by atoms with van der Waals surface area (Å²) in [5.74, 6) is -1.67. The van der Waals surface area contributed by atoms with E-state index >= 15 is 0 Å². The van der Waals surface area contributed by atoms with Gasteiger partial charge in [0, 0.05) is 13.0 Å². The lowest BCUT2D eigenvalue weighted by Crippen LogP contribution is -2.46. The third-order valence-corrected chi connectivity index (χ3v) is 3.75. The van der Waals surface area contributed by atoms with Crippen LogP contribution in [0.3, 0.4) is 0 Å². The lowest BCUT2D eigenvalue weighted by atomic mass is 9.82. The Morgan fingerprint density at radius 3 is 2.76 bits per heavy atom.